The number of methoxy groups -OCH3 is 1. The summed E-state index contributed by atoms with van der Waals surface area (Å²) in [7, 11) is 1.55. The Bertz CT molecular complexity index is 319. The van der Waals surface area contributed by atoms with E-state index < -0.39 is 17.7 Å². The number of aliphatic carboxylic acids is 1. The van der Waals surface area contributed by atoms with E-state index in [0.29, 0.717) is 26.1 Å². The number of carbonyl (C=O) groups excluding carboxylic acids is 1. The lowest BCUT2D eigenvalue weighted by Gasteiger charge is -2.27. The van der Waals surface area contributed by atoms with Gasteiger partial charge in [-0.2, -0.15) is 0 Å². The first-order valence-corrected chi connectivity index (χ1v) is 6.12. The van der Waals surface area contributed by atoms with Crippen LogP contribution in [0, 0.1) is 0 Å². The minimum atomic E-state index is -0.999. The first-order chi connectivity index (χ1) is 8.76. The van der Waals surface area contributed by atoms with Crippen LogP contribution in [-0.2, 0) is 14.3 Å². The van der Waals surface area contributed by atoms with Crippen LogP contribution in [0.4, 0.5) is 4.79 Å². The van der Waals surface area contributed by atoms with E-state index in [4.69, 9.17) is 14.6 Å². The number of carbonyl (C=O) groups is 2. The Kier molecular flexibility index (Phi) is 7.83. The fourth-order valence-corrected chi connectivity index (χ4v) is 1.24. The third-order valence-electron chi connectivity index (χ3n) is 2.04. The molecule has 1 amide bonds. The molecule has 6 nitrogen and oxygen atoms in total. The summed E-state index contributed by atoms with van der Waals surface area (Å²) in [4.78, 5) is 23.7. The van der Waals surface area contributed by atoms with Gasteiger partial charge in [0.05, 0.1) is 6.61 Å². The van der Waals surface area contributed by atoms with Crippen LogP contribution < -0.4 is 0 Å². The number of amides is 1. The monoisotopic (exact) mass is 273 g/mol. The van der Waals surface area contributed by atoms with Gasteiger partial charge in [-0.15, -0.1) is 0 Å². The first-order valence-electron chi connectivity index (χ1n) is 6.12. The van der Waals surface area contributed by atoms with E-state index in [2.05, 4.69) is 0 Å². The zero-order chi connectivity index (χ0) is 14.9. The van der Waals surface area contributed by atoms with Crippen LogP contribution >= 0.6 is 0 Å². The van der Waals surface area contributed by atoms with Gasteiger partial charge in [-0.25, -0.2) is 9.59 Å². The van der Waals surface area contributed by atoms with Gasteiger partial charge in [0, 0.05) is 26.3 Å². The Balaban J connectivity index is 4.36. The molecule has 0 saturated carbocycles. The van der Waals surface area contributed by atoms with E-state index in [9.17, 15) is 9.59 Å². The lowest BCUT2D eigenvalue weighted by atomic mass is 10.2. The Morgan fingerprint density at radius 3 is 2.37 bits per heavy atom. The normalized spacial score (nSPS) is 11.6. The molecule has 0 spiro atoms. The van der Waals surface area contributed by atoms with Crippen LogP contribution in [0.2, 0.25) is 0 Å². The van der Waals surface area contributed by atoms with Gasteiger partial charge in [0.2, 0.25) is 0 Å². The summed E-state index contributed by atoms with van der Waals surface area (Å²) >= 11 is 0. The maximum Gasteiger partial charge on any atom is 0.410 e. The fraction of sp³-hybridized carbons (Fsp3) is 0.692. The van der Waals surface area contributed by atoms with Crippen LogP contribution in [0.5, 0.6) is 0 Å². The summed E-state index contributed by atoms with van der Waals surface area (Å²) in [5.74, 6) is -0.999. The van der Waals surface area contributed by atoms with Crippen LogP contribution in [-0.4, -0.2) is 54.5 Å². The van der Waals surface area contributed by atoms with Crippen molar-refractivity contribution in [3.05, 3.63) is 12.2 Å². The largest absolute Gasteiger partial charge is 0.478 e. The molecule has 1 N–H and O–H groups in total. The molecule has 6 heteroatoms. The third-order valence-corrected chi connectivity index (χ3v) is 2.04. The van der Waals surface area contributed by atoms with Gasteiger partial charge in [-0.05, 0) is 27.2 Å². The molecule has 0 aromatic carbocycles. The second-order valence-corrected chi connectivity index (χ2v) is 4.99. The Labute approximate surface area is 114 Å². The maximum absolute atomic E-state index is 11.9. The van der Waals surface area contributed by atoms with Crippen molar-refractivity contribution in [2.75, 3.05) is 26.8 Å². The Hall–Kier alpha value is -1.56. The number of carboxylic acid groups (broad SMARTS) is 1. The average molecular weight is 273 g/mol. The molecule has 0 fully saturated rings. The molecular formula is C13H23NO5. The van der Waals surface area contributed by atoms with Crippen molar-refractivity contribution in [2.45, 2.75) is 32.8 Å². The van der Waals surface area contributed by atoms with Crippen LogP contribution in [0.25, 0.3) is 0 Å². The van der Waals surface area contributed by atoms with Gasteiger partial charge in [-0.3, -0.25) is 0 Å². The second kappa shape index (κ2) is 8.53. The van der Waals surface area contributed by atoms with Crippen molar-refractivity contribution >= 4 is 12.1 Å². The standard InChI is InChI=1S/C13H23NO5/c1-13(2,3)19-12(17)14(9-10-18-4)8-6-5-7-11(15)16/h5,7H,6,8-10H2,1-4H3,(H,15,16)/b7-5+. The molecule has 0 aliphatic rings. The zero-order valence-electron chi connectivity index (χ0n) is 12.0. The number of hydrogen-bond donors (Lipinski definition) is 1. The number of rotatable bonds is 7. The highest BCUT2D eigenvalue weighted by atomic mass is 16.6. The molecule has 0 aromatic heterocycles. The maximum atomic E-state index is 11.9. The predicted molar refractivity (Wildman–Crippen MR) is 71.1 cm³/mol. The van der Waals surface area contributed by atoms with Gasteiger partial charge in [-0.1, -0.05) is 6.08 Å². The smallest absolute Gasteiger partial charge is 0.410 e. The summed E-state index contributed by atoms with van der Waals surface area (Å²) in [5.41, 5.74) is -0.556. The second-order valence-electron chi connectivity index (χ2n) is 4.99. The molecule has 110 valence electrons. The molecule has 0 rings (SSSR count). The highest BCUT2D eigenvalue weighted by molar-refractivity contribution is 5.79. The molecule has 0 heterocycles. The van der Waals surface area contributed by atoms with Gasteiger partial charge in [0.1, 0.15) is 5.60 Å². The molecule has 0 aliphatic heterocycles. The predicted octanol–water partition coefficient (Wildman–Crippen LogP) is 1.90. The van der Waals surface area contributed by atoms with Crippen molar-refractivity contribution in [1.82, 2.24) is 4.90 Å². The lowest BCUT2D eigenvalue weighted by molar-refractivity contribution is -0.131. The van der Waals surface area contributed by atoms with Crippen LogP contribution in [0.3, 0.4) is 0 Å². The molecule has 0 saturated heterocycles. The first kappa shape index (κ1) is 17.4. The molecule has 0 radical (unpaired) electrons. The minimum Gasteiger partial charge on any atom is -0.478 e. The molecule has 0 aromatic rings. The average Bonchev–Trinajstić information content (AvgIpc) is 2.25. The van der Waals surface area contributed by atoms with Crippen molar-refractivity contribution in [3.63, 3.8) is 0 Å². The van der Waals surface area contributed by atoms with E-state index >= 15 is 0 Å². The Morgan fingerprint density at radius 1 is 1.26 bits per heavy atom. The van der Waals surface area contributed by atoms with Gasteiger partial charge in [0.15, 0.2) is 0 Å². The lowest BCUT2D eigenvalue weighted by Crippen LogP contribution is -2.39. The van der Waals surface area contributed by atoms with E-state index in [1.165, 1.54) is 11.0 Å². The number of ether oxygens (including phenoxy) is 2. The fourth-order valence-electron chi connectivity index (χ4n) is 1.24. The summed E-state index contributed by atoms with van der Waals surface area (Å²) in [5, 5.41) is 8.47. The Morgan fingerprint density at radius 2 is 1.89 bits per heavy atom. The summed E-state index contributed by atoms with van der Waals surface area (Å²) in [6.07, 6.45) is 2.60. The van der Waals surface area contributed by atoms with Crippen molar-refractivity contribution in [2.24, 2.45) is 0 Å². The van der Waals surface area contributed by atoms with Crippen molar-refractivity contribution in [3.8, 4) is 0 Å². The van der Waals surface area contributed by atoms with Crippen LogP contribution in [0.15, 0.2) is 12.2 Å². The van der Waals surface area contributed by atoms with Crippen molar-refractivity contribution in [1.29, 1.82) is 0 Å². The van der Waals surface area contributed by atoms with Crippen LogP contribution in [0.1, 0.15) is 27.2 Å². The summed E-state index contributed by atoms with van der Waals surface area (Å²) in [6.45, 7) is 6.59. The number of carboxylic acids is 1. The summed E-state index contributed by atoms with van der Waals surface area (Å²) < 4.78 is 10.2. The third kappa shape index (κ3) is 10.1. The molecule has 0 aliphatic carbocycles. The van der Waals surface area contributed by atoms with Crippen molar-refractivity contribution < 1.29 is 24.2 Å². The quantitative estimate of drug-likeness (QED) is 0.717. The molecule has 0 bridgehead atoms. The van der Waals surface area contributed by atoms with E-state index in [-0.39, 0.29) is 0 Å². The topological polar surface area (TPSA) is 76.1 Å². The van der Waals surface area contributed by atoms with Gasteiger partial charge >= 0.3 is 12.1 Å². The number of hydrogen-bond acceptors (Lipinski definition) is 4. The highest BCUT2D eigenvalue weighted by Crippen LogP contribution is 2.10. The summed E-state index contributed by atoms with van der Waals surface area (Å²) in [6, 6.07) is 0. The molecule has 0 atom stereocenters. The number of nitrogens with zero attached hydrogens (tertiary/aromatic N) is 1. The molecule has 0 unspecified atom stereocenters. The van der Waals surface area contributed by atoms with Gasteiger partial charge < -0.3 is 19.5 Å². The minimum absolute atomic E-state index is 0.391. The molecular weight excluding hydrogens is 250 g/mol. The van der Waals surface area contributed by atoms with E-state index in [1.807, 2.05) is 0 Å². The van der Waals surface area contributed by atoms with E-state index in [0.717, 1.165) is 6.08 Å². The SMILES string of the molecule is COCCN(CC/C=C/C(=O)O)C(=O)OC(C)(C)C. The zero-order valence-corrected chi connectivity index (χ0v) is 12.0. The van der Waals surface area contributed by atoms with E-state index in [1.54, 1.807) is 27.9 Å². The highest BCUT2D eigenvalue weighted by Gasteiger charge is 2.21. The van der Waals surface area contributed by atoms with Gasteiger partial charge in [0.25, 0.3) is 0 Å². The molecule has 19 heavy (non-hydrogen) atoms.